The largest absolute Gasteiger partial charge is 0.373 e. The lowest BCUT2D eigenvalue weighted by molar-refractivity contribution is -0.0270. The second kappa shape index (κ2) is 5.78. The van der Waals surface area contributed by atoms with Crippen LogP contribution in [0.4, 0.5) is 0 Å². The molecule has 0 spiro atoms. The molecule has 0 amide bonds. The first kappa shape index (κ1) is 13.3. The second-order valence-corrected chi connectivity index (χ2v) is 6.44. The van der Waals surface area contributed by atoms with Gasteiger partial charge in [-0.1, -0.05) is 42.5 Å². The van der Waals surface area contributed by atoms with Crippen molar-refractivity contribution < 1.29 is 4.74 Å². The molecule has 2 unspecified atom stereocenters. The molecule has 2 fully saturated rings. The highest BCUT2D eigenvalue weighted by molar-refractivity contribution is 5.86. The third kappa shape index (κ3) is 2.83. The second-order valence-electron chi connectivity index (χ2n) is 6.44. The summed E-state index contributed by atoms with van der Waals surface area (Å²) in [4.78, 5) is 0. The molecule has 1 aliphatic heterocycles. The number of ether oxygens (including phenoxy) is 1. The van der Waals surface area contributed by atoms with Gasteiger partial charge in [0.1, 0.15) is 0 Å². The van der Waals surface area contributed by atoms with Crippen LogP contribution in [0.5, 0.6) is 0 Å². The number of fused-ring (bicyclic) bond motifs is 1. The highest BCUT2D eigenvalue weighted by Crippen LogP contribution is 2.37. The Hall–Kier alpha value is -1.38. The van der Waals surface area contributed by atoms with E-state index < -0.39 is 0 Å². The molecule has 2 aromatic carbocycles. The van der Waals surface area contributed by atoms with Gasteiger partial charge in [-0.25, -0.2) is 0 Å². The van der Waals surface area contributed by atoms with E-state index in [9.17, 15) is 0 Å². The molecule has 4 rings (SSSR count). The zero-order valence-electron chi connectivity index (χ0n) is 12.4. The first-order chi connectivity index (χ1) is 10.4. The molecule has 1 aliphatic carbocycles. The van der Waals surface area contributed by atoms with E-state index in [1.165, 1.54) is 42.0 Å². The third-order valence-corrected chi connectivity index (χ3v) is 4.82. The maximum atomic E-state index is 6.20. The van der Waals surface area contributed by atoms with Gasteiger partial charge < -0.3 is 10.1 Å². The molecule has 0 radical (unpaired) electrons. The molecule has 0 aromatic heterocycles. The van der Waals surface area contributed by atoms with Crippen molar-refractivity contribution in [3.05, 3.63) is 48.0 Å². The molecule has 2 aliphatic rings. The van der Waals surface area contributed by atoms with E-state index in [0.29, 0.717) is 5.92 Å². The predicted octanol–water partition coefficient (Wildman–Crippen LogP) is 4.06. The summed E-state index contributed by atoms with van der Waals surface area (Å²) >= 11 is 0. The molecule has 21 heavy (non-hydrogen) atoms. The summed E-state index contributed by atoms with van der Waals surface area (Å²) in [6, 6.07) is 16.1. The van der Waals surface area contributed by atoms with Crippen LogP contribution in [0.25, 0.3) is 10.8 Å². The van der Waals surface area contributed by atoms with E-state index in [2.05, 4.69) is 47.8 Å². The lowest BCUT2D eigenvalue weighted by Gasteiger charge is -2.33. The van der Waals surface area contributed by atoms with Gasteiger partial charge in [-0.3, -0.25) is 0 Å². The van der Waals surface area contributed by atoms with Gasteiger partial charge in [0.15, 0.2) is 0 Å². The molecule has 2 heteroatoms. The van der Waals surface area contributed by atoms with Crippen LogP contribution >= 0.6 is 0 Å². The van der Waals surface area contributed by atoms with Crippen molar-refractivity contribution in [2.45, 2.75) is 37.8 Å². The van der Waals surface area contributed by atoms with Crippen LogP contribution in [0, 0.1) is 5.92 Å². The van der Waals surface area contributed by atoms with Crippen LogP contribution in [0.3, 0.4) is 0 Å². The molecule has 1 saturated heterocycles. The minimum Gasteiger partial charge on any atom is -0.373 e. The summed E-state index contributed by atoms with van der Waals surface area (Å²) in [5.41, 5.74) is 1.37. The van der Waals surface area contributed by atoms with Gasteiger partial charge in [0.05, 0.1) is 6.10 Å². The number of rotatable bonds is 4. The van der Waals surface area contributed by atoms with Crippen molar-refractivity contribution in [3.8, 4) is 0 Å². The number of benzene rings is 2. The van der Waals surface area contributed by atoms with E-state index >= 15 is 0 Å². The Bertz CT molecular complexity index is 614. The molecule has 110 valence electrons. The van der Waals surface area contributed by atoms with Gasteiger partial charge in [0.2, 0.25) is 0 Å². The summed E-state index contributed by atoms with van der Waals surface area (Å²) in [5.74, 6) is 0.602. The monoisotopic (exact) mass is 281 g/mol. The highest BCUT2D eigenvalue weighted by atomic mass is 16.5. The SMILES string of the molecule is c1ccc2c(C3OCCCC3CNC3CC3)cccc2c1. The van der Waals surface area contributed by atoms with Crippen molar-refractivity contribution in [1.29, 1.82) is 0 Å². The quantitative estimate of drug-likeness (QED) is 0.912. The standard InChI is InChI=1S/C19H23NO/c1-2-8-17-14(5-1)6-3-9-18(17)19-15(7-4-12-21-19)13-20-16-10-11-16/h1-3,5-6,8-9,15-16,19-20H,4,7,10-13H2. The van der Waals surface area contributed by atoms with Gasteiger partial charge in [-0.2, -0.15) is 0 Å². The minimum atomic E-state index is 0.246. The fraction of sp³-hybridized carbons (Fsp3) is 0.474. The molecule has 1 N–H and O–H groups in total. The van der Waals surface area contributed by atoms with Crippen LogP contribution in [0.2, 0.25) is 0 Å². The van der Waals surface area contributed by atoms with Crippen molar-refractivity contribution in [2.75, 3.05) is 13.2 Å². The van der Waals surface area contributed by atoms with Crippen molar-refractivity contribution in [3.63, 3.8) is 0 Å². The molecule has 0 bridgehead atoms. The Balaban J connectivity index is 1.63. The van der Waals surface area contributed by atoms with E-state index in [1.807, 2.05) is 0 Å². The Morgan fingerprint density at radius 2 is 1.86 bits per heavy atom. The summed E-state index contributed by atoms with van der Waals surface area (Å²) in [6.07, 6.45) is 5.42. The van der Waals surface area contributed by atoms with Crippen LogP contribution in [-0.2, 0) is 4.74 Å². The van der Waals surface area contributed by atoms with Crippen molar-refractivity contribution in [1.82, 2.24) is 5.32 Å². The van der Waals surface area contributed by atoms with E-state index in [0.717, 1.165) is 19.2 Å². The Morgan fingerprint density at radius 1 is 1.00 bits per heavy atom. The first-order valence-electron chi connectivity index (χ1n) is 8.24. The number of hydrogen-bond donors (Lipinski definition) is 1. The summed E-state index contributed by atoms with van der Waals surface area (Å²) < 4.78 is 6.20. The maximum Gasteiger partial charge on any atom is 0.0871 e. The zero-order valence-corrected chi connectivity index (χ0v) is 12.4. The van der Waals surface area contributed by atoms with Gasteiger partial charge in [0, 0.05) is 25.1 Å². The molecule has 1 saturated carbocycles. The molecular weight excluding hydrogens is 258 g/mol. The summed E-state index contributed by atoms with van der Waals surface area (Å²) in [5, 5.41) is 6.36. The topological polar surface area (TPSA) is 21.3 Å². The lowest BCUT2D eigenvalue weighted by atomic mass is 9.87. The molecule has 2 atom stereocenters. The normalized spacial score (nSPS) is 26.1. The number of hydrogen-bond acceptors (Lipinski definition) is 2. The van der Waals surface area contributed by atoms with Gasteiger partial charge in [-0.15, -0.1) is 0 Å². The third-order valence-electron chi connectivity index (χ3n) is 4.82. The highest BCUT2D eigenvalue weighted by Gasteiger charge is 2.30. The summed E-state index contributed by atoms with van der Waals surface area (Å²) in [7, 11) is 0. The van der Waals surface area contributed by atoms with Crippen LogP contribution in [-0.4, -0.2) is 19.2 Å². The smallest absolute Gasteiger partial charge is 0.0871 e. The maximum absolute atomic E-state index is 6.20. The number of nitrogens with one attached hydrogen (secondary N) is 1. The van der Waals surface area contributed by atoms with Crippen molar-refractivity contribution >= 4 is 10.8 Å². The van der Waals surface area contributed by atoms with Crippen LogP contribution in [0.1, 0.15) is 37.4 Å². The van der Waals surface area contributed by atoms with Gasteiger partial charge >= 0.3 is 0 Å². The van der Waals surface area contributed by atoms with E-state index in [1.54, 1.807) is 0 Å². The van der Waals surface area contributed by atoms with E-state index in [-0.39, 0.29) is 6.10 Å². The average Bonchev–Trinajstić information content (AvgIpc) is 3.37. The molecule has 1 heterocycles. The fourth-order valence-corrected chi connectivity index (χ4v) is 3.50. The first-order valence-corrected chi connectivity index (χ1v) is 8.24. The molecule has 2 aromatic rings. The van der Waals surface area contributed by atoms with Gasteiger partial charge in [-0.05, 0) is 42.0 Å². The van der Waals surface area contributed by atoms with Gasteiger partial charge in [0.25, 0.3) is 0 Å². The fourth-order valence-electron chi connectivity index (χ4n) is 3.50. The van der Waals surface area contributed by atoms with Crippen molar-refractivity contribution in [2.24, 2.45) is 5.92 Å². The Kier molecular flexibility index (Phi) is 3.66. The zero-order chi connectivity index (χ0) is 14.1. The van der Waals surface area contributed by atoms with Crippen LogP contribution in [0.15, 0.2) is 42.5 Å². The van der Waals surface area contributed by atoms with Crippen LogP contribution < -0.4 is 5.32 Å². The van der Waals surface area contributed by atoms with E-state index in [4.69, 9.17) is 4.74 Å². The minimum absolute atomic E-state index is 0.246. The molecule has 2 nitrogen and oxygen atoms in total. The lowest BCUT2D eigenvalue weighted by Crippen LogP contribution is -2.33. The Morgan fingerprint density at radius 3 is 2.76 bits per heavy atom. The Labute approximate surface area is 126 Å². The predicted molar refractivity (Wildman–Crippen MR) is 86.4 cm³/mol. The summed E-state index contributed by atoms with van der Waals surface area (Å²) in [6.45, 7) is 1.99. The average molecular weight is 281 g/mol. The molecular formula is C19H23NO.